The molecule has 0 fully saturated rings. The lowest BCUT2D eigenvalue weighted by atomic mass is 10.1. The highest BCUT2D eigenvalue weighted by Crippen LogP contribution is 2.37. The molecule has 1 aliphatic heterocycles. The topological polar surface area (TPSA) is 49.4 Å². The standard InChI is InChI=1S/C24H19Cl2FN2O2S/c25-18-5-1-15(2-6-18)9-10-28-24(31)16-4-8-22-21(11-16)29(23(30)14-32-22)13-17-3-7-19(27)12-20(17)26/h1-8,11-12H,9-10,13-14H2,(H,28,31). The molecule has 0 unspecified atom stereocenters. The van der Waals surface area contributed by atoms with Crippen molar-refractivity contribution in [1.82, 2.24) is 5.32 Å². The highest BCUT2D eigenvalue weighted by Gasteiger charge is 2.26. The Morgan fingerprint density at radius 3 is 2.59 bits per heavy atom. The van der Waals surface area contributed by atoms with E-state index in [1.165, 1.54) is 23.9 Å². The molecule has 4 nitrogen and oxygen atoms in total. The van der Waals surface area contributed by atoms with Crippen LogP contribution in [0.2, 0.25) is 10.0 Å². The Morgan fingerprint density at radius 2 is 1.84 bits per heavy atom. The first kappa shape index (κ1) is 22.6. The van der Waals surface area contributed by atoms with Crippen LogP contribution in [-0.4, -0.2) is 24.1 Å². The Kier molecular flexibility index (Phi) is 7.04. The van der Waals surface area contributed by atoms with E-state index >= 15 is 0 Å². The van der Waals surface area contributed by atoms with Gasteiger partial charge >= 0.3 is 0 Å². The molecule has 1 N–H and O–H groups in total. The third-order valence-electron chi connectivity index (χ3n) is 5.12. The van der Waals surface area contributed by atoms with Crippen LogP contribution in [0.4, 0.5) is 10.1 Å². The molecule has 3 aromatic carbocycles. The molecule has 3 aromatic rings. The number of nitrogens with one attached hydrogen (secondary N) is 1. The zero-order valence-electron chi connectivity index (χ0n) is 16.9. The van der Waals surface area contributed by atoms with Crippen LogP contribution in [0, 0.1) is 5.82 Å². The van der Waals surface area contributed by atoms with Crippen molar-refractivity contribution in [1.29, 1.82) is 0 Å². The minimum absolute atomic E-state index is 0.0943. The van der Waals surface area contributed by atoms with E-state index in [-0.39, 0.29) is 23.4 Å². The van der Waals surface area contributed by atoms with Crippen LogP contribution in [0.25, 0.3) is 0 Å². The monoisotopic (exact) mass is 488 g/mol. The smallest absolute Gasteiger partial charge is 0.251 e. The van der Waals surface area contributed by atoms with Gasteiger partial charge in [0.15, 0.2) is 0 Å². The van der Waals surface area contributed by atoms with Gasteiger partial charge in [0.25, 0.3) is 5.91 Å². The Labute approximate surface area is 199 Å². The Morgan fingerprint density at radius 1 is 1.06 bits per heavy atom. The van der Waals surface area contributed by atoms with E-state index in [4.69, 9.17) is 23.2 Å². The molecule has 0 saturated heterocycles. The summed E-state index contributed by atoms with van der Waals surface area (Å²) < 4.78 is 13.4. The lowest BCUT2D eigenvalue weighted by Gasteiger charge is -2.29. The van der Waals surface area contributed by atoms with Gasteiger partial charge in [0, 0.05) is 27.0 Å². The van der Waals surface area contributed by atoms with Crippen molar-refractivity contribution in [3.8, 4) is 0 Å². The SMILES string of the molecule is O=C(NCCc1ccc(Cl)cc1)c1ccc2c(c1)N(Cc1ccc(F)cc1Cl)C(=O)CS2. The molecule has 0 radical (unpaired) electrons. The number of nitrogens with zero attached hydrogens (tertiary/aromatic N) is 1. The van der Waals surface area contributed by atoms with Crippen molar-refractivity contribution < 1.29 is 14.0 Å². The molecule has 0 aromatic heterocycles. The summed E-state index contributed by atoms with van der Waals surface area (Å²) in [7, 11) is 0. The molecule has 0 aliphatic carbocycles. The number of halogens is 3. The molecule has 164 valence electrons. The Bertz CT molecular complexity index is 1170. The number of rotatable bonds is 6. The first-order valence-corrected chi connectivity index (χ1v) is 11.7. The third kappa shape index (κ3) is 5.26. The van der Waals surface area contributed by atoms with Gasteiger partial charge in [-0.2, -0.15) is 0 Å². The largest absolute Gasteiger partial charge is 0.352 e. The number of hydrogen-bond donors (Lipinski definition) is 1. The molecule has 0 saturated carbocycles. The van der Waals surface area contributed by atoms with Crippen molar-refractivity contribution in [3.05, 3.63) is 93.2 Å². The van der Waals surface area contributed by atoms with Gasteiger partial charge < -0.3 is 10.2 Å². The molecule has 0 atom stereocenters. The summed E-state index contributed by atoms with van der Waals surface area (Å²) in [5.41, 5.74) is 2.82. The van der Waals surface area contributed by atoms with Crippen molar-refractivity contribution >= 4 is 52.5 Å². The number of carbonyl (C=O) groups excluding carboxylic acids is 2. The maximum absolute atomic E-state index is 13.4. The quantitative estimate of drug-likeness (QED) is 0.480. The van der Waals surface area contributed by atoms with Gasteiger partial charge in [0.05, 0.1) is 18.0 Å². The molecule has 0 bridgehead atoms. The minimum atomic E-state index is -0.433. The van der Waals surface area contributed by atoms with Crippen LogP contribution in [0.1, 0.15) is 21.5 Å². The Hall–Kier alpha value is -2.54. The van der Waals surface area contributed by atoms with Crippen LogP contribution >= 0.6 is 35.0 Å². The lowest BCUT2D eigenvalue weighted by Crippen LogP contribution is -2.35. The van der Waals surface area contributed by atoms with Crippen LogP contribution in [-0.2, 0) is 17.8 Å². The fourth-order valence-corrected chi connectivity index (χ4v) is 4.68. The Balaban J connectivity index is 1.49. The molecular weight excluding hydrogens is 470 g/mol. The second kappa shape index (κ2) is 9.94. The second-order valence-corrected chi connectivity index (χ2v) is 9.18. The molecule has 32 heavy (non-hydrogen) atoms. The van der Waals surface area contributed by atoms with Gasteiger partial charge in [0.1, 0.15) is 5.82 Å². The molecule has 0 spiro atoms. The van der Waals surface area contributed by atoms with Gasteiger partial charge in [-0.05, 0) is 60.0 Å². The minimum Gasteiger partial charge on any atom is -0.352 e. The molecule has 1 aliphatic rings. The predicted octanol–water partition coefficient (Wildman–Crippen LogP) is 5.74. The van der Waals surface area contributed by atoms with Crippen LogP contribution in [0.3, 0.4) is 0 Å². The van der Waals surface area contributed by atoms with Crippen LogP contribution < -0.4 is 10.2 Å². The summed E-state index contributed by atoms with van der Waals surface area (Å²) in [6.07, 6.45) is 0.678. The summed E-state index contributed by atoms with van der Waals surface area (Å²) in [5, 5.41) is 3.85. The van der Waals surface area contributed by atoms with Gasteiger partial charge in [0.2, 0.25) is 5.91 Å². The van der Waals surface area contributed by atoms with Crippen molar-refractivity contribution in [2.75, 3.05) is 17.2 Å². The third-order valence-corrected chi connectivity index (χ3v) is 6.77. The number of carbonyl (C=O) groups is 2. The average molecular weight is 489 g/mol. The van der Waals surface area contributed by atoms with Crippen molar-refractivity contribution in [3.63, 3.8) is 0 Å². The van der Waals surface area contributed by atoms with Crippen LogP contribution in [0.15, 0.2) is 65.6 Å². The van der Waals surface area contributed by atoms with E-state index in [0.29, 0.717) is 40.6 Å². The highest BCUT2D eigenvalue weighted by atomic mass is 35.5. The van der Waals surface area contributed by atoms with Crippen molar-refractivity contribution in [2.45, 2.75) is 17.9 Å². The summed E-state index contributed by atoms with van der Waals surface area (Å²) in [5.74, 6) is -0.455. The zero-order chi connectivity index (χ0) is 22.7. The highest BCUT2D eigenvalue weighted by molar-refractivity contribution is 8.00. The zero-order valence-corrected chi connectivity index (χ0v) is 19.2. The van der Waals surface area contributed by atoms with Gasteiger partial charge in [-0.3, -0.25) is 9.59 Å². The van der Waals surface area contributed by atoms with E-state index in [2.05, 4.69) is 5.32 Å². The summed E-state index contributed by atoms with van der Waals surface area (Å²) in [4.78, 5) is 27.9. The number of anilines is 1. The molecule has 2 amide bonds. The lowest BCUT2D eigenvalue weighted by molar-refractivity contribution is -0.116. The van der Waals surface area contributed by atoms with Crippen LogP contribution in [0.5, 0.6) is 0 Å². The predicted molar refractivity (Wildman–Crippen MR) is 127 cm³/mol. The van der Waals surface area contributed by atoms with E-state index < -0.39 is 5.82 Å². The number of fused-ring (bicyclic) bond motifs is 1. The molecular formula is C24H19Cl2FN2O2S. The second-order valence-electron chi connectivity index (χ2n) is 7.32. The fourth-order valence-electron chi connectivity index (χ4n) is 3.41. The maximum Gasteiger partial charge on any atom is 0.251 e. The van der Waals surface area contributed by atoms with Crippen molar-refractivity contribution in [2.24, 2.45) is 0 Å². The van der Waals surface area contributed by atoms with E-state index in [1.807, 2.05) is 30.3 Å². The average Bonchev–Trinajstić information content (AvgIpc) is 2.78. The number of benzene rings is 3. The summed E-state index contributed by atoms with van der Waals surface area (Å²) in [6.45, 7) is 0.674. The number of amides is 2. The first-order valence-electron chi connectivity index (χ1n) is 9.94. The van der Waals surface area contributed by atoms with Gasteiger partial charge in [-0.15, -0.1) is 11.8 Å². The molecule has 4 rings (SSSR count). The van der Waals surface area contributed by atoms with E-state index in [9.17, 15) is 14.0 Å². The maximum atomic E-state index is 13.4. The normalized spacial score (nSPS) is 13.1. The fraction of sp³-hybridized carbons (Fsp3) is 0.167. The summed E-state index contributed by atoms with van der Waals surface area (Å²) in [6, 6.07) is 16.9. The number of hydrogen-bond acceptors (Lipinski definition) is 3. The van der Waals surface area contributed by atoms with E-state index in [0.717, 1.165) is 10.5 Å². The first-order chi connectivity index (χ1) is 15.4. The van der Waals surface area contributed by atoms with E-state index in [1.54, 1.807) is 23.1 Å². The summed E-state index contributed by atoms with van der Waals surface area (Å²) >= 11 is 13.5. The number of thioether (sulfide) groups is 1. The molecule has 1 heterocycles. The van der Waals surface area contributed by atoms with Gasteiger partial charge in [-0.25, -0.2) is 4.39 Å². The van der Waals surface area contributed by atoms with Gasteiger partial charge in [-0.1, -0.05) is 41.4 Å². The molecule has 8 heteroatoms.